The van der Waals surface area contributed by atoms with Crippen LogP contribution in [-0.2, 0) is 6.42 Å². The molecule has 0 N–H and O–H groups in total. The van der Waals surface area contributed by atoms with E-state index in [1.54, 1.807) is 0 Å². The second-order valence-electron chi connectivity index (χ2n) is 2.78. The summed E-state index contributed by atoms with van der Waals surface area (Å²) in [7, 11) is 0.889. The molecule has 0 aromatic heterocycles. The summed E-state index contributed by atoms with van der Waals surface area (Å²) >= 11 is 0. The largest absolute Gasteiger partial charge is 0.265 e. The van der Waals surface area contributed by atoms with Gasteiger partial charge in [-0.1, -0.05) is 50.6 Å². The maximum Gasteiger partial charge on any atom is 0.194 e. The van der Waals surface area contributed by atoms with Crippen LogP contribution in [0.15, 0.2) is 24.3 Å². The van der Waals surface area contributed by atoms with Crippen molar-refractivity contribution in [1.29, 1.82) is 0 Å². The van der Waals surface area contributed by atoms with Gasteiger partial charge in [0.25, 0.3) is 0 Å². The highest BCUT2D eigenvalue weighted by Gasteiger charge is 1.85. The molecule has 3 nitrogen and oxygen atoms in total. The Morgan fingerprint density at radius 2 is 1.80 bits per heavy atom. The SMILES string of the molecule is CC.CCc1cccc(C)c1.C[N+](=O)[O-]. The van der Waals surface area contributed by atoms with E-state index in [0.717, 1.165) is 13.5 Å². The van der Waals surface area contributed by atoms with Crippen LogP contribution >= 0.6 is 0 Å². The van der Waals surface area contributed by atoms with Crippen molar-refractivity contribution in [1.82, 2.24) is 0 Å². The molecule has 0 aliphatic rings. The molecule has 0 saturated carbocycles. The molecule has 0 aliphatic carbocycles. The first-order valence-corrected chi connectivity index (χ1v) is 5.19. The predicted molar refractivity (Wildman–Crippen MR) is 64.8 cm³/mol. The third-order valence-electron chi connectivity index (χ3n) is 1.49. The highest BCUT2D eigenvalue weighted by atomic mass is 16.6. The summed E-state index contributed by atoms with van der Waals surface area (Å²) in [6.07, 6.45) is 1.14. The van der Waals surface area contributed by atoms with Gasteiger partial charge in [0.1, 0.15) is 0 Å². The molecule has 1 aromatic carbocycles. The summed E-state index contributed by atoms with van der Waals surface area (Å²) in [5, 5.41) is 8.81. The van der Waals surface area contributed by atoms with E-state index in [4.69, 9.17) is 10.1 Å². The normalized spacial score (nSPS) is 7.80. The number of aryl methyl sites for hydroxylation is 2. The van der Waals surface area contributed by atoms with Crippen molar-refractivity contribution in [3.63, 3.8) is 0 Å². The summed E-state index contributed by atoms with van der Waals surface area (Å²) in [5.74, 6) is 0. The number of nitro groups is 1. The topological polar surface area (TPSA) is 43.1 Å². The highest BCUT2D eigenvalue weighted by molar-refractivity contribution is 5.21. The van der Waals surface area contributed by atoms with Gasteiger partial charge in [-0.05, 0) is 18.9 Å². The van der Waals surface area contributed by atoms with E-state index in [9.17, 15) is 0 Å². The van der Waals surface area contributed by atoms with Crippen molar-refractivity contribution in [2.45, 2.75) is 34.1 Å². The second kappa shape index (κ2) is 10.7. The van der Waals surface area contributed by atoms with Gasteiger partial charge >= 0.3 is 0 Å². The second-order valence-corrected chi connectivity index (χ2v) is 2.78. The minimum absolute atomic E-state index is 0.500. The van der Waals surface area contributed by atoms with Crippen LogP contribution in [0.1, 0.15) is 31.9 Å². The van der Waals surface area contributed by atoms with Crippen LogP contribution in [0.3, 0.4) is 0 Å². The van der Waals surface area contributed by atoms with Crippen LogP contribution in [0.2, 0.25) is 0 Å². The molecule has 0 fully saturated rings. The number of hydrogen-bond donors (Lipinski definition) is 0. The Hall–Kier alpha value is -1.38. The van der Waals surface area contributed by atoms with E-state index < -0.39 is 4.92 Å². The van der Waals surface area contributed by atoms with E-state index in [1.165, 1.54) is 11.1 Å². The molecule has 0 spiro atoms. The van der Waals surface area contributed by atoms with Crippen molar-refractivity contribution < 1.29 is 4.92 Å². The molecule has 15 heavy (non-hydrogen) atoms. The van der Waals surface area contributed by atoms with Crippen LogP contribution in [0, 0.1) is 17.0 Å². The quantitative estimate of drug-likeness (QED) is 0.527. The summed E-state index contributed by atoms with van der Waals surface area (Å²) in [5.41, 5.74) is 2.78. The molecule has 0 atom stereocenters. The van der Waals surface area contributed by atoms with Gasteiger partial charge in [-0.15, -0.1) is 0 Å². The first kappa shape index (κ1) is 16.1. The lowest BCUT2D eigenvalue weighted by molar-refractivity contribution is -0.445. The maximum atomic E-state index is 8.81. The Morgan fingerprint density at radius 3 is 2.07 bits per heavy atom. The molecule has 0 unspecified atom stereocenters. The molecular formula is C12H21NO2. The standard InChI is InChI=1S/C9H12.C2H6.CH3NO2/c1-3-9-6-4-5-8(2)7-9;1-2;1-2(3)4/h4-7H,3H2,1-2H3;1-2H3;1H3. The van der Waals surface area contributed by atoms with Gasteiger partial charge in [0, 0.05) is 4.92 Å². The summed E-state index contributed by atoms with van der Waals surface area (Å²) in [6, 6.07) is 8.61. The average Bonchev–Trinajstić information content (AvgIpc) is 2.20. The van der Waals surface area contributed by atoms with Crippen LogP contribution in [0.5, 0.6) is 0 Å². The van der Waals surface area contributed by atoms with Crippen molar-refractivity contribution in [2.75, 3.05) is 7.05 Å². The lowest BCUT2D eigenvalue weighted by Gasteiger charge is -1.95. The molecule has 0 radical (unpaired) electrons. The monoisotopic (exact) mass is 211 g/mol. The molecule has 3 heteroatoms. The van der Waals surface area contributed by atoms with Crippen molar-refractivity contribution >= 4 is 0 Å². The minimum atomic E-state index is -0.500. The predicted octanol–water partition coefficient (Wildman–Crippen LogP) is 3.48. The summed E-state index contributed by atoms with van der Waals surface area (Å²) in [6.45, 7) is 8.30. The summed E-state index contributed by atoms with van der Waals surface area (Å²) in [4.78, 5) is 8.31. The fourth-order valence-electron chi connectivity index (χ4n) is 0.932. The van der Waals surface area contributed by atoms with Gasteiger partial charge in [0.2, 0.25) is 0 Å². The number of nitrogens with zero attached hydrogens (tertiary/aromatic N) is 1. The van der Waals surface area contributed by atoms with Gasteiger partial charge < -0.3 is 0 Å². The zero-order valence-corrected chi connectivity index (χ0v) is 10.3. The smallest absolute Gasteiger partial charge is 0.194 e. The molecule has 86 valence electrons. The number of hydrogen-bond acceptors (Lipinski definition) is 2. The Bertz CT molecular complexity index is 268. The first-order chi connectivity index (χ1) is 7.06. The molecule has 0 heterocycles. The number of rotatable bonds is 1. The van der Waals surface area contributed by atoms with Crippen molar-refractivity contribution in [2.24, 2.45) is 0 Å². The Balaban J connectivity index is 0. The van der Waals surface area contributed by atoms with Gasteiger partial charge in [0.15, 0.2) is 7.05 Å². The van der Waals surface area contributed by atoms with Crippen LogP contribution < -0.4 is 0 Å². The average molecular weight is 211 g/mol. The first-order valence-electron chi connectivity index (χ1n) is 5.19. The zero-order valence-electron chi connectivity index (χ0n) is 10.3. The molecular weight excluding hydrogens is 190 g/mol. The third-order valence-corrected chi connectivity index (χ3v) is 1.49. The highest BCUT2D eigenvalue weighted by Crippen LogP contribution is 2.03. The van der Waals surface area contributed by atoms with Crippen LogP contribution in [0.25, 0.3) is 0 Å². The maximum absolute atomic E-state index is 8.81. The lowest BCUT2D eigenvalue weighted by Crippen LogP contribution is -1.79. The molecule has 0 bridgehead atoms. The third kappa shape index (κ3) is 12.6. The van der Waals surface area contributed by atoms with E-state index in [-0.39, 0.29) is 0 Å². The van der Waals surface area contributed by atoms with Crippen molar-refractivity contribution in [3.8, 4) is 0 Å². The van der Waals surface area contributed by atoms with Gasteiger partial charge in [-0.2, -0.15) is 0 Å². The van der Waals surface area contributed by atoms with E-state index >= 15 is 0 Å². The molecule has 0 amide bonds. The van der Waals surface area contributed by atoms with Crippen molar-refractivity contribution in [3.05, 3.63) is 45.5 Å². The summed E-state index contributed by atoms with van der Waals surface area (Å²) < 4.78 is 0. The van der Waals surface area contributed by atoms with Gasteiger partial charge in [-0.3, -0.25) is 10.1 Å². The fraction of sp³-hybridized carbons (Fsp3) is 0.500. The molecule has 0 aliphatic heterocycles. The lowest BCUT2D eigenvalue weighted by atomic mass is 10.1. The van der Waals surface area contributed by atoms with E-state index in [1.807, 2.05) is 13.8 Å². The van der Waals surface area contributed by atoms with Gasteiger partial charge in [-0.25, -0.2) is 0 Å². The molecule has 1 aromatic rings. The van der Waals surface area contributed by atoms with Gasteiger partial charge in [0.05, 0.1) is 0 Å². The zero-order chi connectivity index (χ0) is 12.3. The Kier molecular flexibility index (Phi) is 11.5. The van der Waals surface area contributed by atoms with E-state index in [2.05, 4.69) is 38.1 Å². The number of benzene rings is 1. The minimum Gasteiger partial charge on any atom is -0.265 e. The Labute approximate surface area is 92.3 Å². The van der Waals surface area contributed by atoms with E-state index in [0.29, 0.717) is 0 Å². The Morgan fingerprint density at radius 1 is 1.33 bits per heavy atom. The van der Waals surface area contributed by atoms with Crippen LogP contribution in [0.4, 0.5) is 0 Å². The fourth-order valence-corrected chi connectivity index (χ4v) is 0.932. The molecule has 1 rings (SSSR count). The molecule has 0 saturated heterocycles. The van der Waals surface area contributed by atoms with Crippen LogP contribution in [-0.4, -0.2) is 12.0 Å².